The largest absolute Gasteiger partial charge is 0.414 e. The van der Waals surface area contributed by atoms with Crippen molar-refractivity contribution in [2.75, 3.05) is 6.61 Å². The van der Waals surface area contributed by atoms with Gasteiger partial charge in [0.1, 0.15) is 0 Å². The summed E-state index contributed by atoms with van der Waals surface area (Å²) in [5.41, 5.74) is -0.576. The fraction of sp³-hybridized carbons (Fsp3) is 0.200. The Hall–Kier alpha value is -0.810. The van der Waals surface area contributed by atoms with Gasteiger partial charge >= 0.3 is 6.18 Å². The van der Waals surface area contributed by atoms with Crippen molar-refractivity contribution in [3.63, 3.8) is 0 Å². The Morgan fingerprint density at radius 3 is 2.40 bits per heavy atom. The summed E-state index contributed by atoms with van der Waals surface area (Å²) < 4.78 is 37.4. The molecule has 5 heteroatoms. The zero-order valence-electron chi connectivity index (χ0n) is 7.55. The van der Waals surface area contributed by atoms with E-state index in [0.717, 1.165) is 6.08 Å². The predicted molar refractivity (Wildman–Crippen MR) is 55.3 cm³/mol. The number of aliphatic hydroxyl groups is 1. The van der Waals surface area contributed by atoms with Crippen LogP contribution in [0.3, 0.4) is 0 Å². The topological polar surface area (TPSA) is 20.2 Å². The Balaban J connectivity index is 3.10. The molecule has 0 unspecified atom stereocenters. The second kappa shape index (κ2) is 4.81. The van der Waals surface area contributed by atoms with E-state index in [4.69, 9.17) is 5.11 Å². The Bertz CT molecular complexity index is 371. The van der Waals surface area contributed by atoms with Gasteiger partial charge in [-0.05, 0) is 17.7 Å². The van der Waals surface area contributed by atoms with Crippen LogP contribution in [0, 0.1) is 0 Å². The van der Waals surface area contributed by atoms with Crippen molar-refractivity contribution >= 4 is 22.0 Å². The monoisotopic (exact) mass is 280 g/mol. The van der Waals surface area contributed by atoms with Crippen molar-refractivity contribution in [2.45, 2.75) is 6.18 Å². The lowest BCUT2D eigenvalue weighted by Gasteiger charge is -2.09. The molecule has 82 valence electrons. The fourth-order valence-electron chi connectivity index (χ4n) is 0.997. The van der Waals surface area contributed by atoms with Crippen molar-refractivity contribution in [3.8, 4) is 0 Å². The number of halogens is 4. The van der Waals surface area contributed by atoms with Gasteiger partial charge in [-0.25, -0.2) is 0 Å². The lowest BCUT2D eigenvalue weighted by atomic mass is 10.1. The average Bonchev–Trinajstić information content (AvgIpc) is 2.14. The smallest absolute Gasteiger partial charge is 0.392 e. The third kappa shape index (κ3) is 3.35. The Kier molecular flexibility index (Phi) is 3.93. The summed E-state index contributed by atoms with van der Waals surface area (Å²) in [5.74, 6) is 0. The number of benzene rings is 1. The van der Waals surface area contributed by atoms with Gasteiger partial charge in [-0.3, -0.25) is 0 Å². The number of rotatable bonds is 2. The van der Waals surface area contributed by atoms with Crippen LogP contribution in [0.1, 0.15) is 5.56 Å². The van der Waals surface area contributed by atoms with Crippen molar-refractivity contribution < 1.29 is 18.3 Å². The molecule has 1 N–H and O–H groups in total. The first kappa shape index (κ1) is 12.3. The molecule has 0 fully saturated rings. The van der Waals surface area contributed by atoms with Crippen LogP contribution in [0.15, 0.2) is 34.3 Å². The lowest BCUT2D eigenvalue weighted by Crippen LogP contribution is -2.14. The maximum atomic E-state index is 12.3. The molecule has 1 nitrogen and oxygen atoms in total. The van der Waals surface area contributed by atoms with Gasteiger partial charge < -0.3 is 5.11 Å². The molecule has 0 aliphatic carbocycles. The highest BCUT2D eigenvalue weighted by Gasteiger charge is 2.32. The molecule has 0 aliphatic heterocycles. The van der Waals surface area contributed by atoms with E-state index in [1.54, 1.807) is 18.2 Å². The van der Waals surface area contributed by atoms with Crippen LogP contribution < -0.4 is 0 Å². The summed E-state index contributed by atoms with van der Waals surface area (Å²) in [7, 11) is 0. The second-order valence-corrected chi connectivity index (χ2v) is 3.70. The molecule has 0 atom stereocenters. The maximum absolute atomic E-state index is 12.3. The summed E-state index contributed by atoms with van der Waals surface area (Å²) in [6.07, 6.45) is -3.58. The van der Waals surface area contributed by atoms with E-state index in [-0.39, 0.29) is 0 Å². The zero-order chi connectivity index (χ0) is 11.5. The van der Waals surface area contributed by atoms with Gasteiger partial charge in [-0.2, -0.15) is 13.2 Å². The van der Waals surface area contributed by atoms with E-state index in [1.165, 1.54) is 6.07 Å². The van der Waals surface area contributed by atoms with E-state index < -0.39 is 18.4 Å². The van der Waals surface area contributed by atoms with E-state index in [2.05, 4.69) is 15.9 Å². The van der Waals surface area contributed by atoms with Gasteiger partial charge in [0.2, 0.25) is 0 Å². The summed E-state index contributed by atoms with van der Waals surface area (Å²) in [4.78, 5) is 0. The maximum Gasteiger partial charge on any atom is 0.414 e. The molecule has 0 saturated heterocycles. The zero-order valence-corrected chi connectivity index (χ0v) is 9.14. The van der Waals surface area contributed by atoms with Crippen LogP contribution in [0.5, 0.6) is 0 Å². The Labute approximate surface area is 93.4 Å². The number of hydrogen-bond acceptors (Lipinski definition) is 1. The van der Waals surface area contributed by atoms with Crippen molar-refractivity contribution in [3.05, 3.63) is 39.9 Å². The standard InChI is InChI=1S/C10H8BrF3O/c11-9-4-2-1-3-7(9)5-8(6-15)10(12,13)14/h1-5,15H,6H2/b8-5+. The number of alkyl halides is 3. The fourth-order valence-corrected chi connectivity index (χ4v) is 1.40. The third-order valence-corrected chi connectivity index (χ3v) is 2.49. The molecule has 0 radical (unpaired) electrons. The minimum Gasteiger partial charge on any atom is -0.392 e. The van der Waals surface area contributed by atoms with Crippen LogP contribution in [0.2, 0.25) is 0 Å². The summed E-state index contributed by atoms with van der Waals surface area (Å²) in [5, 5.41) is 8.61. The molecule has 0 aromatic heterocycles. The molecule has 0 heterocycles. The third-order valence-electron chi connectivity index (χ3n) is 1.77. The van der Waals surface area contributed by atoms with Crippen LogP contribution in [0.4, 0.5) is 13.2 Å². The van der Waals surface area contributed by atoms with Crippen LogP contribution in [0.25, 0.3) is 6.08 Å². The second-order valence-electron chi connectivity index (χ2n) is 2.85. The minimum atomic E-state index is -4.50. The van der Waals surface area contributed by atoms with Gasteiger partial charge in [0.25, 0.3) is 0 Å². The van der Waals surface area contributed by atoms with E-state index >= 15 is 0 Å². The normalized spacial score (nSPS) is 13.0. The number of hydrogen-bond donors (Lipinski definition) is 1. The average molecular weight is 281 g/mol. The van der Waals surface area contributed by atoms with E-state index in [0.29, 0.717) is 10.0 Å². The molecule has 15 heavy (non-hydrogen) atoms. The van der Waals surface area contributed by atoms with Crippen molar-refractivity contribution in [1.29, 1.82) is 0 Å². The molecule has 0 bridgehead atoms. The van der Waals surface area contributed by atoms with Gasteiger partial charge in [-0.15, -0.1) is 0 Å². The van der Waals surface area contributed by atoms with E-state index in [9.17, 15) is 13.2 Å². The van der Waals surface area contributed by atoms with Gasteiger partial charge in [0.15, 0.2) is 0 Å². The molecule has 1 aromatic carbocycles. The van der Waals surface area contributed by atoms with Crippen molar-refractivity contribution in [1.82, 2.24) is 0 Å². The summed E-state index contributed by atoms with van der Waals surface area (Å²) in [6.45, 7) is -1.02. The molecule has 0 saturated carbocycles. The van der Waals surface area contributed by atoms with Gasteiger partial charge in [0, 0.05) is 4.47 Å². The van der Waals surface area contributed by atoms with Crippen molar-refractivity contribution in [2.24, 2.45) is 0 Å². The minimum absolute atomic E-state index is 0.388. The highest BCUT2D eigenvalue weighted by Crippen LogP contribution is 2.28. The van der Waals surface area contributed by atoms with Gasteiger partial charge in [0.05, 0.1) is 12.2 Å². The molecule has 0 spiro atoms. The first-order valence-corrected chi connectivity index (χ1v) is 4.87. The molecule has 1 aromatic rings. The lowest BCUT2D eigenvalue weighted by molar-refractivity contribution is -0.0964. The van der Waals surface area contributed by atoms with Crippen LogP contribution in [-0.2, 0) is 0 Å². The first-order valence-electron chi connectivity index (χ1n) is 4.08. The molecule has 0 aliphatic rings. The van der Waals surface area contributed by atoms with Crippen LogP contribution >= 0.6 is 15.9 Å². The van der Waals surface area contributed by atoms with Crippen LogP contribution in [-0.4, -0.2) is 17.9 Å². The Morgan fingerprint density at radius 2 is 1.93 bits per heavy atom. The summed E-state index contributed by atoms with van der Waals surface area (Å²) >= 11 is 3.13. The van der Waals surface area contributed by atoms with Gasteiger partial charge in [-0.1, -0.05) is 34.1 Å². The number of aliphatic hydroxyl groups excluding tert-OH is 1. The Morgan fingerprint density at radius 1 is 1.33 bits per heavy atom. The predicted octanol–water partition coefficient (Wildman–Crippen LogP) is 3.39. The SMILES string of the molecule is OC/C(=C\c1ccccc1Br)C(F)(F)F. The quantitative estimate of drug-likeness (QED) is 0.881. The summed E-state index contributed by atoms with van der Waals surface area (Å²) in [6, 6.07) is 6.50. The first-order chi connectivity index (χ1) is 6.95. The van der Waals surface area contributed by atoms with E-state index in [1.807, 2.05) is 0 Å². The highest BCUT2D eigenvalue weighted by molar-refractivity contribution is 9.10. The molecule has 1 rings (SSSR count). The highest BCUT2D eigenvalue weighted by atomic mass is 79.9. The molecular formula is C10H8BrF3O. The molecular weight excluding hydrogens is 273 g/mol. The molecule has 0 amide bonds.